The summed E-state index contributed by atoms with van der Waals surface area (Å²) in [5.41, 5.74) is 2.82. The lowest BCUT2D eigenvalue weighted by atomic mass is 10.0. The number of benzene rings is 4. The maximum absolute atomic E-state index is 15.8. The Bertz CT molecular complexity index is 1490. The van der Waals surface area contributed by atoms with Crippen molar-refractivity contribution < 1.29 is 18.6 Å². The summed E-state index contributed by atoms with van der Waals surface area (Å²) in [7, 11) is 0. The van der Waals surface area contributed by atoms with Crippen LogP contribution in [0.5, 0.6) is 34.5 Å². The summed E-state index contributed by atoms with van der Waals surface area (Å²) in [5, 5.41) is 19.7. The van der Waals surface area contributed by atoms with Gasteiger partial charge in [-0.2, -0.15) is 10.5 Å². The molecular weight excluding hydrogens is 455 g/mol. The molecule has 5 nitrogen and oxygen atoms in total. The fourth-order valence-corrected chi connectivity index (χ4v) is 3.66. The predicted molar refractivity (Wildman–Crippen MR) is 134 cm³/mol. The highest BCUT2D eigenvalue weighted by Gasteiger charge is 2.30. The van der Waals surface area contributed by atoms with E-state index < -0.39 is 11.4 Å². The number of aryl methyl sites for hydroxylation is 4. The zero-order chi connectivity index (χ0) is 25.8. The van der Waals surface area contributed by atoms with E-state index >= 15 is 4.39 Å². The fourth-order valence-electron chi connectivity index (χ4n) is 3.66. The van der Waals surface area contributed by atoms with E-state index in [1.807, 2.05) is 76.2 Å². The molecule has 0 aliphatic rings. The van der Waals surface area contributed by atoms with Gasteiger partial charge in [-0.05, 0) is 63.1 Å². The minimum absolute atomic E-state index is 0.101. The van der Waals surface area contributed by atoms with E-state index in [1.165, 1.54) is 0 Å². The van der Waals surface area contributed by atoms with E-state index in [1.54, 1.807) is 30.3 Å². The van der Waals surface area contributed by atoms with Crippen molar-refractivity contribution in [3.05, 3.63) is 106 Å². The maximum Gasteiger partial charge on any atom is 0.216 e. The van der Waals surface area contributed by atoms with Gasteiger partial charge in [-0.15, -0.1) is 0 Å². The highest BCUT2D eigenvalue weighted by Crippen LogP contribution is 2.50. The topological polar surface area (TPSA) is 75.3 Å². The SMILES string of the molecule is Cc1ccc(Oc2c(F)c(C#N)c(C#N)c(Oc3c(C)cccc3C)c2Oc2ccc(C)cc2)cc1. The summed E-state index contributed by atoms with van der Waals surface area (Å²) in [6.07, 6.45) is 0. The lowest BCUT2D eigenvalue weighted by molar-refractivity contribution is 0.367. The van der Waals surface area contributed by atoms with Gasteiger partial charge in [-0.1, -0.05) is 53.6 Å². The Morgan fingerprint density at radius 1 is 0.556 bits per heavy atom. The molecule has 0 aromatic heterocycles. The van der Waals surface area contributed by atoms with Crippen LogP contribution in [-0.4, -0.2) is 0 Å². The Morgan fingerprint density at radius 2 is 1.03 bits per heavy atom. The Labute approximate surface area is 209 Å². The molecule has 0 saturated carbocycles. The minimum Gasteiger partial charge on any atom is -0.451 e. The van der Waals surface area contributed by atoms with E-state index in [0.29, 0.717) is 17.2 Å². The smallest absolute Gasteiger partial charge is 0.216 e. The molecule has 0 aliphatic heterocycles. The second kappa shape index (κ2) is 10.2. The Hall–Kier alpha value is -4.81. The first-order chi connectivity index (χ1) is 17.3. The standard InChI is InChI=1S/C30H23FN2O3/c1-18-8-12-22(13-9-18)34-29-26(31)24(16-32)25(17-33)28(36-27-20(3)6-5-7-21(27)4)30(29)35-23-14-10-19(2)11-15-23/h5-15H,1-4H3. The van der Waals surface area contributed by atoms with E-state index in [-0.39, 0.29) is 22.8 Å². The van der Waals surface area contributed by atoms with Crippen LogP contribution in [0, 0.1) is 56.2 Å². The maximum atomic E-state index is 15.8. The molecule has 6 heteroatoms. The minimum atomic E-state index is -1.01. The zero-order valence-electron chi connectivity index (χ0n) is 20.3. The van der Waals surface area contributed by atoms with Gasteiger partial charge in [0, 0.05) is 0 Å². The van der Waals surface area contributed by atoms with Crippen molar-refractivity contribution in [2.24, 2.45) is 0 Å². The summed E-state index contributed by atoms with van der Waals surface area (Å²) in [4.78, 5) is 0. The summed E-state index contributed by atoms with van der Waals surface area (Å²) in [5.74, 6) is -0.416. The molecule has 0 amide bonds. The molecule has 0 bridgehead atoms. The number of rotatable bonds is 6. The number of nitrogens with zero attached hydrogens (tertiary/aromatic N) is 2. The molecule has 0 radical (unpaired) electrons. The van der Waals surface area contributed by atoms with Gasteiger partial charge in [0.05, 0.1) is 0 Å². The third kappa shape index (κ3) is 4.85. The van der Waals surface area contributed by atoms with Crippen molar-refractivity contribution in [2.45, 2.75) is 27.7 Å². The number of ether oxygens (including phenoxy) is 3. The summed E-state index contributed by atoms with van der Waals surface area (Å²) in [6, 6.07) is 23.4. The van der Waals surface area contributed by atoms with Gasteiger partial charge in [0.25, 0.3) is 0 Å². The highest BCUT2D eigenvalue weighted by atomic mass is 19.1. The third-order valence-corrected chi connectivity index (χ3v) is 5.63. The lowest BCUT2D eigenvalue weighted by Crippen LogP contribution is -2.04. The lowest BCUT2D eigenvalue weighted by Gasteiger charge is -2.20. The normalized spacial score (nSPS) is 10.3. The Balaban J connectivity index is 2.00. The Kier molecular flexibility index (Phi) is 6.90. The van der Waals surface area contributed by atoms with Crippen LogP contribution < -0.4 is 14.2 Å². The average Bonchev–Trinajstić information content (AvgIpc) is 2.87. The summed E-state index contributed by atoms with van der Waals surface area (Å²) >= 11 is 0. The van der Waals surface area contributed by atoms with Gasteiger partial charge in [-0.3, -0.25) is 0 Å². The number of hydrogen-bond donors (Lipinski definition) is 0. The zero-order valence-corrected chi connectivity index (χ0v) is 20.3. The molecular formula is C30H23FN2O3. The molecule has 0 heterocycles. The van der Waals surface area contributed by atoms with E-state index in [9.17, 15) is 10.5 Å². The van der Waals surface area contributed by atoms with Gasteiger partial charge < -0.3 is 14.2 Å². The monoisotopic (exact) mass is 478 g/mol. The number of nitriles is 2. The van der Waals surface area contributed by atoms with Crippen LogP contribution in [-0.2, 0) is 0 Å². The van der Waals surface area contributed by atoms with Gasteiger partial charge in [0.15, 0.2) is 11.6 Å². The molecule has 0 unspecified atom stereocenters. The van der Waals surface area contributed by atoms with Crippen LogP contribution >= 0.6 is 0 Å². The molecule has 0 N–H and O–H groups in total. The van der Waals surface area contributed by atoms with Crippen molar-refractivity contribution >= 4 is 0 Å². The van der Waals surface area contributed by atoms with Crippen LogP contribution in [0.25, 0.3) is 0 Å². The van der Waals surface area contributed by atoms with Crippen LogP contribution in [0.15, 0.2) is 66.7 Å². The first kappa shape index (κ1) is 24.3. The van der Waals surface area contributed by atoms with E-state index in [4.69, 9.17) is 14.2 Å². The summed E-state index contributed by atoms with van der Waals surface area (Å²) in [6.45, 7) is 7.56. The van der Waals surface area contributed by atoms with Crippen LogP contribution in [0.4, 0.5) is 4.39 Å². The summed E-state index contributed by atoms with van der Waals surface area (Å²) < 4.78 is 34.0. The van der Waals surface area contributed by atoms with Gasteiger partial charge >= 0.3 is 0 Å². The van der Waals surface area contributed by atoms with E-state index in [0.717, 1.165) is 22.3 Å². The quantitative estimate of drug-likeness (QED) is 0.279. The van der Waals surface area contributed by atoms with Gasteiger partial charge in [0.1, 0.15) is 40.5 Å². The number of para-hydroxylation sites is 1. The Morgan fingerprint density at radius 3 is 1.50 bits per heavy atom. The predicted octanol–water partition coefficient (Wildman–Crippen LogP) is 8.18. The third-order valence-electron chi connectivity index (χ3n) is 5.63. The van der Waals surface area contributed by atoms with Gasteiger partial charge in [0.2, 0.25) is 11.5 Å². The second-order valence-electron chi connectivity index (χ2n) is 8.43. The van der Waals surface area contributed by atoms with Crippen LogP contribution in [0.1, 0.15) is 33.4 Å². The van der Waals surface area contributed by atoms with Crippen LogP contribution in [0.3, 0.4) is 0 Å². The van der Waals surface area contributed by atoms with Gasteiger partial charge in [-0.25, -0.2) is 4.39 Å². The van der Waals surface area contributed by atoms with Crippen molar-refractivity contribution in [1.82, 2.24) is 0 Å². The molecule has 178 valence electrons. The van der Waals surface area contributed by atoms with Crippen molar-refractivity contribution in [3.63, 3.8) is 0 Å². The van der Waals surface area contributed by atoms with Crippen molar-refractivity contribution in [1.29, 1.82) is 10.5 Å². The number of halogens is 1. The molecule has 0 saturated heterocycles. The fraction of sp³-hybridized carbons (Fsp3) is 0.133. The van der Waals surface area contributed by atoms with Crippen LogP contribution in [0.2, 0.25) is 0 Å². The molecule has 4 aromatic rings. The molecule has 4 aromatic carbocycles. The molecule has 36 heavy (non-hydrogen) atoms. The molecule has 4 rings (SSSR count). The number of hydrogen-bond acceptors (Lipinski definition) is 5. The first-order valence-electron chi connectivity index (χ1n) is 11.2. The molecule has 0 spiro atoms. The van der Waals surface area contributed by atoms with Crippen molar-refractivity contribution in [3.8, 4) is 46.6 Å². The molecule has 0 fully saturated rings. The molecule has 0 atom stereocenters. The second-order valence-corrected chi connectivity index (χ2v) is 8.43. The molecule has 0 aliphatic carbocycles. The van der Waals surface area contributed by atoms with Crippen molar-refractivity contribution in [2.75, 3.05) is 0 Å². The highest BCUT2D eigenvalue weighted by molar-refractivity contribution is 5.69. The largest absolute Gasteiger partial charge is 0.451 e. The average molecular weight is 479 g/mol. The first-order valence-corrected chi connectivity index (χ1v) is 11.2. The van der Waals surface area contributed by atoms with E-state index in [2.05, 4.69) is 0 Å².